The maximum Gasteiger partial charge on any atom is 0.256 e. The Balaban J connectivity index is 1.04. The van der Waals surface area contributed by atoms with E-state index in [4.69, 9.17) is 9.72 Å². The van der Waals surface area contributed by atoms with Crippen molar-refractivity contribution in [1.82, 2.24) is 14.8 Å². The number of para-hydroxylation sites is 3. The fraction of sp³-hybridized carbons (Fsp3) is 0.407. The van der Waals surface area contributed by atoms with Crippen molar-refractivity contribution in [3.8, 4) is 5.75 Å². The summed E-state index contributed by atoms with van der Waals surface area (Å²) in [6.45, 7) is 6.80. The summed E-state index contributed by atoms with van der Waals surface area (Å²) < 4.78 is 5.52. The lowest BCUT2D eigenvalue weighted by atomic mass is 10.1. The van der Waals surface area contributed by atoms with Gasteiger partial charge in [0.2, 0.25) is 0 Å². The van der Waals surface area contributed by atoms with Gasteiger partial charge in [0, 0.05) is 38.1 Å². The standard InChI is InChI=1S/C27H32N4O2/c1-33-26-12-6-5-11-25(26)30-17-15-29(16-18-30)13-7-2-8-14-31-20-24-22(27(31)32)19-21-9-3-4-10-23(21)28-24/h3-6,9-12,19H,2,7-8,13-18,20H2,1H3. The SMILES string of the molecule is COc1ccccc1N1CCN(CCCCCN2Cc3nc4ccccc4cc3C2=O)CC1. The molecule has 2 aromatic carbocycles. The molecular formula is C27H32N4O2. The van der Waals surface area contributed by atoms with Crippen LogP contribution in [-0.2, 0) is 6.54 Å². The van der Waals surface area contributed by atoms with Crippen molar-refractivity contribution < 1.29 is 9.53 Å². The molecule has 1 fully saturated rings. The summed E-state index contributed by atoms with van der Waals surface area (Å²) in [5, 5.41) is 1.04. The predicted molar refractivity (Wildman–Crippen MR) is 132 cm³/mol. The smallest absolute Gasteiger partial charge is 0.256 e. The van der Waals surface area contributed by atoms with E-state index in [9.17, 15) is 4.79 Å². The number of unbranched alkanes of at least 4 members (excludes halogenated alkanes) is 2. The van der Waals surface area contributed by atoms with Crippen molar-refractivity contribution in [2.45, 2.75) is 25.8 Å². The zero-order valence-corrected chi connectivity index (χ0v) is 19.4. The second-order valence-corrected chi connectivity index (χ2v) is 8.96. The number of nitrogens with zero attached hydrogens (tertiary/aromatic N) is 4. The first-order valence-electron chi connectivity index (χ1n) is 12.0. The summed E-state index contributed by atoms with van der Waals surface area (Å²) in [6, 6.07) is 18.3. The Bertz CT molecular complexity index is 1120. The number of rotatable bonds is 8. The Morgan fingerprint density at radius 3 is 2.52 bits per heavy atom. The van der Waals surface area contributed by atoms with Gasteiger partial charge < -0.3 is 14.5 Å². The number of hydrogen-bond donors (Lipinski definition) is 0. The fourth-order valence-electron chi connectivity index (χ4n) is 4.98. The molecular weight excluding hydrogens is 412 g/mol. The average Bonchev–Trinajstić information content (AvgIpc) is 3.17. The van der Waals surface area contributed by atoms with Gasteiger partial charge in [-0.25, -0.2) is 0 Å². The number of aromatic nitrogens is 1. The number of hydrogen-bond acceptors (Lipinski definition) is 5. The average molecular weight is 445 g/mol. The van der Waals surface area contributed by atoms with E-state index >= 15 is 0 Å². The van der Waals surface area contributed by atoms with Crippen LogP contribution < -0.4 is 9.64 Å². The van der Waals surface area contributed by atoms with Crippen molar-refractivity contribution in [2.24, 2.45) is 0 Å². The van der Waals surface area contributed by atoms with Crippen molar-refractivity contribution >= 4 is 22.5 Å². The highest BCUT2D eigenvalue weighted by atomic mass is 16.5. The molecule has 0 unspecified atom stereocenters. The summed E-state index contributed by atoms with van der Waals surface area (Å²) >= 11 is 0. The summed E-state index contributed by atoms with van der Waals surface area (Å²) in [6.07, 6.45) is 3.36. The van der Waals surface area contributed by atoms with E-state index in [0.29, 0.717) is 6.54 Å². The van der Waals surface area contributed by atoms with Gasteiger partial charge in [0.15, 0.2) is 0 Å². The summed E-state index contributed by atoms with van der Waals surface area (Å²) in [5.41, 5.74) is 3.86. The molecule has 0 saturated carbocycles. The third-order valence-electron chi connectivity index (χ3n) is 6.86. The zero-order valence-electron chi connectivity index (χ0n) is 19.4. The quantitative estimate of drug-likeness (QED) is 0.488. The number of benzene rings is 2. The first-order valence-corrected chi connectivity index (χ1v) is 12.0. The second-order valence-electron chi connectivity index (χ2n) is 8.96. The van der Waals surface area contributed by atoms with E-state index in [1.807, 2.05) is 47.4 Å². The van der Waals surface area contributed by atoms with Crippen LogP contribution in [0.5, 0.6) is 5.75 Å². The zero-order chi connectivity index (χ0) is 22.6. The van der Waals surface area contributed by atoms with Gasteiger partial charge in [-0.3, -0.25) is 14.7 Å². The highest BCUT2D eigenvalue weighted by molar-refractivity contribution is 6.00. The number of piperazine rings is 1. The van der Waals surface area contributed by atoms with E-state index in [-0.39, 0.29) is 5.91 Å². The van der Waals surface area contributed by atoms with Gasteiger partial charge in [-0.15, -0.1) is 0 Å². The van der Waals surface area contributed by atoms with Gasteiger partial charge in [-0.1, -0.05) is 36.8 Å². The number of fused-ring (bicyclic) bond motifs is 2. The third-order valence-corrected chi connectivity index (χ3v) is 6.86. The maximum atomic E-state index is 12.8. The number of carbonyl (C=O) groups is 1. The largest absolute Gasteiger partial charge is 0.495 e. The monoisotopic (exact) mass is 444 g/mol. The molecule has 5 rings (SSSR count). The van der Waals surface area contributed by atoms with E-state index in [1.54, 1.807) is 7.11 Å². The molecule has 1 aromatic heterocycles. The number of anilines is 1. The van der Waals surface area contributed by atoms with Crippen LogP contribution in [-0.4, -0.2) is 67.1 Å². The van der Waals surface area contributed by atoms with E-state index in [0.717, 1.165) is 80.0 Å². The third kappa shape index (κ3) is 4.67. The molecule has 2 aliphatic rings. The Kier molecular flexibility index (Phi) is 6.44. The number of amides is 1. The highest BCUT2D eigenvalue weighted by Gasteiger charge is 2.28. The van der Waals surface area contributed by atoms with Gasteiger partial charge in [0.25, 0.3) is 5.91 Å². The molecule has 6 nitrogen and oxygen atoms in total. The van der Waals surface area contributed by atoms with E-state index in [2.05, 4.69) is 21.9 Å². The topological polar surface area (TPSA) is 48.9 Å². The fourth-order valence-corrected chi connectivity index (χ4v) is 4.98. The Morgan fingerprint density at radius 2 is 1.67 bits per heavy atom. The summed E-state index contributed by atoms with van der Waals surface area (Å²) in [5.74, 6) is 1.09. The summed E-state index contributed by atoms with van der Waals surface area (Å²) in [4.78, 5) is 24.5. The Hall–Kier alpha value is -3.12. The van der Waals surface area contributed by atoms with Crippen LogP contribution in [0.2, 0.25) is 0 Å². The van der Waals surface area contributed by atoms with Crippen LogP contribution in [0.25, 0.3) is 10.9 Å². The molecule has 0 bridgehead atoms. The Labute approximate surface area is 195 Å². The lowest BCUT2D eigenvalue weighted by Crippen LogP contribution is -2.46. The molecule has 0 N–H and O–H groups in total. The molecule has 1 saturated heterocycles. The van der Waals surface area contributed by atoms with Crippen LogP contribution >= 0.6 is 0 Å². The molecule has 0 radical (unpaired) electrons. The molecule has 2 aliphatic heterocycles. The first-order chi connectivity index (χ1) is 16.2. The van der Waals surface area contributed by atoms with Crippen LogP contribution in [0.3, 0.4) is 0 Å². The second kappa shape index (κ2) is 9.79. The molecule has 3 heterocycles. The summed E-state index contributed by atoms with van der Waals surface area (Å²) in [7, 11) is 1.74. The van der Waals surface area contributed by atoms with Crippen LogP contribution in [0.1, 0.15) is 35.3 Å². The van der Waals surface area contributed by atoms with Gasteiger partial charge in [0.05, 0.1) is 36.1 Å². The van der Waals surface area contributed by atoms with E-state index in [1.165, 1.54) is 12.1 Å². The lowest BCUT2D eigenvalue weighted by Gasteiger charge is -2.36. The number of ether oxygens (including phenoxy) is 1. The molecule has 6 heteroatoms. The van der Waals surface area contributed by atoms with Gasteiger partial charge >= 0.3 is 0 Å². The molecule has 33 heavy (non-hydrogen) atoms. The van der Waals surface area contributed by atoms with Crippen LogP contribution in [0.4, 0.5) is 5.69 Å². The van der Waals surface area contributed by atoms with Gasteiger partial charge in [-0.05, 0) is 43.7 Å². The van der Waals surface area contributed by atoms with Gasteiger partial charge in [0.1, 0.15) is 5.75 Å². The van der Waals surface area contributed by atoms with Crippen molar-refractivity contribution in [3.63, 3.8) is 0 Å². The molecule has 0 aliphatic carbocycles. The number of carbonyl (C=O) groups excluding carboxylic acids is 1. The lowest BCUT2D eigenvalue weighted by molar-refractivity contribution is 0.0774. The maximum absolute atomic E-state index is 12.8. The van der Waals surface area contributed by atoms with Gasteiger partial charge in [-0.2, -0.15) is 0 Å². The van der Waals surface area contributed by atoms with Crippen molar-refractivity contribution in [2.75, 3.05) is 51.3 Å². The molecule has 172 valence electrons. The minimum atomic E-state index is 0.135. The van der Waals surface area contributed by atoms with Crippen molar-refractivity contribution in [3.05, 3.63) is 65.9 Å². The minimum absolute atomic E-state index is 0.135. The number of methoxy groups -OCH3 is 1. The molecule has 1 amide bonds. The molecule has 3 aromatic rings. The first kappa shape index (κ1) is 21.7. The van der Waals surface area contributed by atoms with Crippen molar-refractivity contribution in [1.29, 1.82) is 0 Å². The number of pyridine rings is 1. The van der Waals surface area contributed by atoms with E-state index < -0.39 is 0 Å². The highest BCUT2D eigenvalue weighted by Crippen LogP contribution is 2.28. The van der Waals surface area contributed by atoms with Crippen LogP contribution in [0, 0.1) is 0 Å². The molecule has 0 atom stereocenters. The Morgan fingerprint density at radius 1 is 0.909 bits per heavy atom. The minimum Gasteiger partial charge on any atom is -0.495 e. The molecule has 0 spiro atoms. The predicted octanol–water partition coefficient (Wildman–Crippen LogP) is 4.19. The van der Waals surface area contributed by atoms with Crippen LogP contribution in [0.15, 0.2) is 54.6 Å². The normalized spacial score (nSPS) is 16.5.